The van der Waals surface area contributed by atoms with Crippen molar-refractivity contribution in [1.29, 1.82) is 0 Å². The highest BCUT2D eigenvalue weighted by molar-refractivity contribution is 5.79. The molecule has 1 aliphatic carbocycles. The number of nitrogens with zero attached hydrogens (tertiary/aromatic N) is 3. The zero-order chi connectivity index (χ0) is 12.8. The van der Waals surface area contributed by atoms with Crippen molar-refractivity contribution in [3.05, 3.63) is 17.5 Å². The number of carbonyl (C=O) groups is 1. The van der Waals surface area contributed by atoms with Crippen LogP contribution in [0, 0.1) is 5.92 Å². The van der Waals surface area contributed by atoms with E-state index in [1.165, 1.54) is 24.2 Å². The van der Waals surface area contributed by atoms with Gasteiger partial charge in [-0.15, -0.1) is 0 Å². The average Bonchev–Trinajstić information content (AvgIpc) is 2.99. The molecule has 0 radical (unpaired) electrons. The molecule has 0 aromatic carbocycles. The Morgan fingerprint density at radius 1 is 1.32 bits per heavy atom. The van der Waals surface area contributed by atoms with Gasteiger partial charge in [0.15, 0.2) is 0 Å². The van der Waals surface area contributed by atoms with Crippen LogP contribution in [0.2, 0.25) is 0 Å². The first-order valence-electron chi connectivity index (χ1n) is 7.24. The van der Waals surface area contributed by atoms with Crippen LogP contribution >= 0.6 is 0 Å². The van der Waals surface area contributed by atoms with Crippen LogP contribution in [0.5, 0.6) is 0 Å². The van der Waals surface area contributed by atoms with Gasteiger partial charge in [0.1, 0.15) is 0 Å². The first-order chi connectivity index (χ1) is 9.31. The Hall–Kier alpha value is -1.36. The fourth-order valence-electron chi connectivity index (χ4n) is 3.04. The van der Waals surface area contributed by atoms with Gasteiger partial charge in [-0.1, -0.05) is 0 Å². The van der Waals surface area contributed by atoms with Crippen molar-refractivity contribution in [2.75, 3.05) is 19.8 Å². The van der Waals surface area contributed by atoms with E-state index in [2.05, 4.69) is 15.8 Å². The third-order valence-electron chi connectivity index (χ3n) is 4.40. The molecule has 3 aliphatic rings. The molecular weight excluding hydrogens is 242 g/mol. The van der Waals surface area contributed by atoms with E-state index in [-0.39, 0.29) is 11.8 Å². The second-order valence-electron chi connectivity index (χ2n) is 5.88. The van der Waals surface area contributed by atoms with E-state index in [1.54, 1.807) is 0 Å². The Bertz CT molecular complexity index is 501. The van der Waals surface area contributed by atoms with E-state index in [1.807, 2.05) is 4.90 Å². The van der Waals surface area contributed by atoms with Gasteiger partial charge in [0.2, 0.25) is 5.91 Å². The van der Waals surface area contributed by atoms with E-state index in [9.17, 15) is 4.79 Å². The van der Waals surface area contributed by atoms with Crippen LogP contribution in [-0.2, 0) is 22.6 Å². The van der Waals surface area contributed by atoms with Gasteiger partial charge in [-0.2, -0.15) is 5.10 Å². The minimum absolute atomic E-state index is 0.0809. The Kier molecular flexibility index (Phi) is 2.62. The number of aromatic nitrogens is 2. The van der Waals surface area contributed by atoms with Crippen molar-refractivity contribution >= 4 is 5.91 Å². The first-order valence-corrected chi connectivity index (χ1v) is 7.24. The summed E-state index contributed by atoms with van der Waals surface area (Å²) < 4.78 is 7.40. The molecule has 1 amide bonds. The van der Waals surface area contributed by atoms with Crippen LogP contribution in [0.3, 0.4) is 0 Å². The molecule has 0 N–H and O–H groups in total. The van der Waals surface area contributed by atoms with Crippen LogP contribution in [0.15, 0.2) is 6.07 Å². The van der Waals surface area contributed by atoms with Crippen LogP contribution in [0.1, 0.15) is 36.6 Å². The molecule has 4 rings (SSSR count). The summed E-state index contributed by atoms with van der Waals surface area (Å²) in [6.07, 6.45) is 3.43. The summed E-state index contributed by atoms with van der Waals surface area (Å²) in [6, 6.07) is 2.20. The maximum atomic E-state index is 12.4. The van der Waals surface area contributed by atoms with Gasteiger partial charge in [-0.05, 0) is 25.3 Å². The van der Waals surface area contributed by atoms with Crippen molar-refractivity contribution in [1.82, 2.24) is 14.7 Å². The summed E-state index contributed by atoms with van der Waals surface area (Å²) >= 11 is 0. The maximum absolute atomic E-state index is 12.4. The van der Waals surface area contributed by atoms with Crippen molar-refractivity contribution < 1.29 is 9.53 Å². The molecular formula is C14H19N3O2. The second-order valence-corrected chi connectivity index (χ2v) is 5.88. The third-order valence-corrected chi connectivity index (χ3v) is 4.40. The average molecular weight is 261 g/mol. The Morgan fingerprint density at radius 2 is 2.21 bits per heavy atom. The first kappa shape index (κ1) is 11.5. The fourth-order valence-corrected chi connectivity index (χ4v) is 3.04. The zero-order valence-electron chi connectivity index (χ0n) is 11.0. The topological polar surface area (TPSA) is 47.4 Å². The molecule has 2 fully saturated rings. The number of hydrogen-bond donors (Lipinski definition) is 0. The van der Waals surface area contributed by atoms with Gasteiger partial charge < -0.3 is 9.64 Å². The molecule has 5 nitrogen and oxygen atoms in total. The lowest BCUT2D eigenvalue weighted by molar-refractivity contribution is -0.137. The third kappa shape index (κ3) is 2.06. The number of carbonyl (C=O) groups excluding carboxylic acids is 1. The molecule has 19 heavy (non-hydrogen) atoms. The second kappa shape index (κ2) is 4.34. The minimum atomic E-state index is 0.0809. The predicted molar refractivity (Wildman–Crippen MR) is 68.5 cm³/mol. The summed E-state index contributed by atoms with van der Waals surface area (Å²) in [5, 5.41) is 4.66. The van der Waals surface area contributed by atoms with Gasteiger partial charge in [0.25, 0.3) is 0 Å². The van der Waals surface area contributed by atoms with Gasteiger partial charge in [0.05, 0.1) is 37.0 Å². The lowest BCUT2D eigenvalue weighted by Crippen LogP contribution is -2.41. The summed E-state index contributed by atoms with van der Waals surface area (Å²) in [5.41, 5.74) is 2.42. The molecule has 1 aromatic heterocycles. The van der Waals surface area contributed by atoms with Gasteiger partial charge in [-0.25, -0.2) is 0 Å². The van der Waals surface area contributed by atoms with E-state index in [0.717, 1.165) is 32.7 Å². The zero-order valence-corrected chi connectivity index (χ0v) is 11.0. The number of amides is 1. The fraction of sp³-hybridized carbons (Fsp3) is 0.714. The van der Waals surface area contributed by atoms with Crippen LogP contribution in [0.25, 0.3) is 0 Å². The molecule has 1 atom stereocenters. The Balaban J connectivity index is 1.49. The largest absolute Gasteiger partial charge is 0.381 e. The highest BCUT2D eigenvalue weighted by Gasteiger charge is 2.32. The predicted octanol–water partition coefficient (Wildman–Crippen LogP) is 1.14. The molecule has 0 spiro atoms. The van der Waals surface area contributed by atoms with E-state index < -0.39 is 0 Å². The van der Waals surface area contributed by atoms with Crippen LogP contribution in [0.4, 0.5) is 0 Å². The number of hydrogen-bond acceptors (Lipinski definition) is 3. The van der Waals surface area contributed by atoms with Gasteiger partial charge >= 0.3 is 0 Å². The molecule has 2 aliphatic heterocycles. The quantitative estimate of drug-likeness (QED) is 0.802. The molecule has 1 saturated heterocycles. The number of ether oxygens (including phenoxy) is 1. The minimum Gasteiger partial charge on any atom is -0.381 e. The number of rotatable bonds is 2. The molecule has 102 valence electrons. The SMILES string of the molecule is O=C(C1CCOC1)N1CCn2nc(C3CC3)cc2C1. The normalized spacial score (nSPS) is 26.5. The summed E-state index contributed by atoms with van der Waals surface area (Å²) in [4.78, 5) is 14.4. The molecule has 1 unspecified atom stereocenters. The Labute approximate surface area is 112 Å². The van der Waals surface area contributed by atoms with Gasteiger partial charge in [0, 0.05) is 19.1 Å². The molecule has 1 aromatic rings. The summed E-state index contributed by atoms with van der Waals surface area (Å²) in [5.74, 6) is 1.03. The van der Waals surface area contributed by atoms with Gasteiger partial charge in [-0.3, -0.25) is 9.48 Å². The van der Waals surface area contributed by atoms with Crippen LogP contribution in [-0.4, -0.2) is 40.3 Å². The van der Waals surface area contributed by atoms with Crippen molar-refractivity contribution in [3.8, 4) is 0 Å². The smallest absolute Gasteiger partial charge is 0.228 e. The van der Waals surface area contributed by atoms with Crippen molar-refractivity contribution in [2.45, 2.75) is 38.3 Å². The van der Waals surface area contributed by atoms with Crippen LogP contribution < -0.4 is 0 Å². The van der Waals surface area contributed by atoms with E-state index >= 15 is 0 Å². The van der Waals surface area contributed by atoms with Crippen molar-refractivity contribution in [2.24, 2.45) is 5.92 Å². The molecule has 0 bridgehead atoms. The lowest BCUT2D eigenvalue weighted by atomic mass is 10.1. The molecule has 5 heteroatoms. The van der Waals surface area contributed by atoms with E-state index in [4.69, 9.17) is 4.74 Å². The van der Waals surface area contributed by atoms with Crippen molar-refractivity contribution in [3.63, 3.8) is 0 Å². The monoisotopic (exact) mass is 261 g/mol. The Morgan fingerprint density at radius 3 is 2.95 bits per heavy atom. The standard InChI is InChI=1S/C14H19N3O2/c18-14(11-3-6-19-9-11)16-4-5-17-12(8-16)7-13(15-17)10-1-2-10/h7,10-11H,1-6,8-9H2. The molecule has 1 saturated carbocycles. The maximum Gasteiger partial charge on any atom is 0.228 e. The molecule has 3 heterocycles. The summed E-state index contributed by atoms with van der Waals surface area (Å²) in [6.45, 7) is 3.67. The highest BCUT2D eigenvalue weighted by atomic mass is 16.5. The highest BCUT2D eigenvalue weighted by Crippen LogP contribution is 2.39. The lowest BCUT2D eigenvalue weighted by Gasteiger charge is -2.29. The number of fused-ring (bicyclic) bond motifs is 1. The van der Waals surface area contributed by atoms with E-state index in [0.29, 0.717) is 12.5 Å². The summed E-state index contributed by atoms with van der Waals surface area (Å²) in [7, 11) is 0.